The van der Waals surface area contributed by atoms with Crippen molar-refractivity contribution in [1.82, 2.24) is 5.43 Å². The Hall–Kier alpha value is -1.06. The molecule has 3 unspecified atom stereocenters. The summed E-state index contributed by atoms with van der Waals surface area (Å²) in [7, 11) is 0. The molecule has 0 aromatic heterocycles. The molecule has 3 atom stereocenters. The van der Waals surface area contributed by atoms with Crippen molar-refractivity contribution >= 4 is 0 Å². The number of nitrogens with one attached hydrogen (secondary N) is 1. The molecule has 2 aliphatic rings. The highest BCUT2D eigenvalue weighted by Crippen LogP contribution is 2.36. The van der Waals surface area contributed by atoms with Crippen molar-refractivity contribution in [2.24, 2.45) is 17.7 Å². The zero-order valence-electron chi connectivity index (χ0n) is 13.1. The van der Waals surface area contributed by atoms with Crippen LogP contribution in [0.4, 0.5) is 0 Å². The molecule has 3 N–H and O–H groups in total. The average Bonchev–Trinajstić information content (AvgIpc) is 3.16. The van der Waals surface area contributed by atoms with Gasteiger partial charge in [-0.25, -0.2) is 0 Å². The number of aryl methyl sites for hydroxylation is 1. The van der Waals surface area contributed by atoms with Gasteiger partial charge in [0.2, 0.25) is 0 Å². The number of fused-ring (bicyclic) bond motifs is 1. The summed E-state index contributed by atoms with van der Waals surface area (Å²) in [6.07, 6.45) is 8.69. The lowest BCUT2D eigenvalue weighted by Crippen LogP contribution is -2.40. The molecule has 1 aliphatic carbocycles. The zero-order chi connectivity index (χ0) is 14.7. The van der Waals surface area contributed by atoms with Crippen LogP contribution in [0.2, 0.25) is 0 Å². The third-order valence-corrected chi connectivity index (χ3v) is 5.44. The first kappa shape index (κ1) is 14.9. The molecule has 1 aromatic carbocycles. The van der Waals surface area contributed by atoms with Gasteiger partial charge in [0.25, 0.3) is 0 Å². The molecule has 1 heterocycles. The van der Waals surface area contributed by atoms with Gasteiger partial charge in [-0.3, -0.25) is 11.3 Å². The Kier molecular flexibility index (Phi) is 4.81. The summed E-state index contributed by atoms with van der Waals surface area (Å²) in [6, 6.07) is 7.12. The fourth-order valence-electron chi connectivity index (χ4n) is 4.02. The number of benzene rings is 1. The first-order chi connectivity index (χ1) is 10.3. The van der Waals surface area contributed by atoms with Crippen molar-refractivity contribution < 1.29 is 4.74 Å². The van der Waals surface area contributed by atoms with E-state index in [1.807, 2.05) is 0 Å². The minimum absolute atomic E-state index is 0.464. The van der Waals surface area contributed by atoms with Crippen molar-refractivity contribution in [1.29, 1.82) is 0 Å². The first-order valence-corrected chi connectivity index (χ1v) is 8.51. The van der Waals surface area contributed by atoms with Gasteiger partial charge in [0.15, 0.2) is 0 Å². The summed E-state index contributed by atoms with van der Waals surface area (Å²) in [5.74, 6) is 8.58. The van der Waals surface area contributed by atoms with Crippen molar-refractivity contribution in [2.75, 3.05) is 6.61 Å². The van der Waals surface area contributed by atoms with E-state index in [0.29, 0.717) is 6.04 Å². The number of rotatable bonds is 6. The van der Waals surface area contributed by atoms with E-state index in [1.165, 1.54) is 36.8 Å². The fraction of sp³-hybridized carbons (Fsp3) is 0.667. The lowest BCUT2D eigenvalue weighted by Gasteiger charge is -2.23. The summed E-state index contributed by atoms with van der Waals surface area (Å²) in [5.41, 5.74) is 5.88. The maximum Gasteiger partial charge on any atom is 0.122 e. The Morgan fingerprint density at radius 1 is 1.38 bits per heavy atom. The maximum atomic E-state index is 5.82. The Morgan fingerprint density at radius 2 is 2.29 bits per heavy atom. The Bertz CT molecular complexity index is 474. The number of ether oxygens (including phenoxy) is 1. The second-order valence-corrected chi connectivity index (χ2v) is 6.70. The van der Waals surface area contributed by atoms with Crippen molar-refractivity contribution in [3.63, 3.8) is 0 Å². The Labute approximate surface area is 128 Å². The van der Waals surface area contributed by atoms with Gasteiger partial charge in [-0.15, -0.1) is 0 Å². The van der Waals surface area contributed by atoms with Crippen LogP contribution in [0, 0.1) is 11.8 Å². The first-order valence-electron chi connectivity index (χ1n) is 8.51. The van der Waals surface area contributed by atoms with Crippen molar-refractivity contribution in [3.8, 4) is 5.75 Å². The third-order valence-electron chi connectivity index (χ3n) is 5.44. The van der Waals surface area contributed by atoms with Gasteiger partial charge in [-0.05, 0) is 54.7 Å². The summed E-state index contributed by atoms with van der Waals surface area (Å²) < 4.78 is 5.57. The lowest BCUT2D eigenvalue weighted by molar-refractivity contribution is 0.333. The van der Waals surface area contributed by atoms with Gasteiger partial charge >= 0.3 is 0 Å². The molecule has 21 heavy (non-hydrogen) atoms. The van der Waals surface area contributed by atoms with E-state index < -0.39 is 0 Å². The number of hydrogen-bond acceptors (Lipinski definition) is 3. The number of hydrazine groups is 1. The highest BCUT2D eigenvalue weighted by molar-refractivity contribution is 5.39. The van der Waals surface area contributed by atoms with Gasteiger partial charge in [0, 0.05) is 12.5 Å². The summed E-state index contributed by atoms with van der Waals surface area (Å²) >= 11 is 0. The molecule has 0 bridgehead atoms. The van der Waals surface area contributed by atoms with Crippen molar-refractivity contribution in [3.05, 3.63) is 29.3 Å². The Morgan fingerprint density at radius 3 is 3.05 bits per heavy atom. The SMILES string of the molecule is CCC1CCC(C(CCc2ccc3c(c2)CCO3)NN)C1. The monoisotopic (exact) mass is 288 g/mol. The molecule has 0 spiro atoms. The van der Waals surface area contributed by atoms with E-state index in [2.05, 4.69) is 30.5 Å². The smallest absolute Gasteiger partial charge is 0.122 e. The topological polar surface area (TPSA) is 47.3 Å². The molecule has 116 valence electrons. The van der Waals surface area contributed by atoms with E-state index in [-0.39, 0.29) is 0 Å². The van der Waals surface area contributed by atoms with Gasteiger partial charge in [-0.1, -0.05) is 31.9 Å². The molecule has 0 amide bonds. The minimum atomic E-state index is 0.464. The summed E-state index contributed by atoms with van der Waals surface area (Å²) in [5, 5.41) is 0. The van der Waals surface area contributed by atoms with E-state index in [0.717, 1.165) is 43.5 Å². The van der Waals surface area contributed by atoms with E-state index in [9.17, 15) is 0 Å². The van der Waals surface area contributed by atoms with Crippen LogP contribution >= 0.6 is 0 Å². The van der Waals surface area contributed by atoms with E-state index in [4.69, 9.17) is 10.6 Å². The molecule has 0 radical (unpaired) electrons. The number of nitrogens with two attached hydrogens (primary N) is 1. The third kappa shape index (κ3) is 3.41. The van der Waals surface area contributed by atoms with Gasteiger partial charge < -0.3 is 4.74 Å². The normalized spacial score (nSPS) is 25.6. The van der Waals surface area contributed by atoms with Gasteiger partial charge in [0.1, 0.15) is 5.75 Å². The molecule has 3 rings (SSSR count). The predicted molar refractivity (Wildman–Crippen MR) is 86.2 cm³/mol. The van der Waals surface area contributed by atoms with Crippen LogP contribution in [-0.4, -0.2) is 12.6 Å². The highest BCUT2D eigenvalue weighted by atomic mass is 16.5. The lowest BCUT2D eigenvalue weighted by atomic mass is 9.91. The largest absolute Gasteiger partial charge is 0.493 e. The number of hydrogen-bond donors (Lipinski definition) is 2. The van der Waals surface area contributed by atoms with Crippen LogP contribution in [0.1, 0.15) is 50.2 Å². The van der Waals surface area contributed by atoms with Crippen LogP contribution in [0.5, 0.6) is 5.75 Å². The quantitative estimate of drug-likeness (QED) is 0.624. The van der Waals surface area contributed by atoms with Crippen LogP contribution in [0.25, 0.3) is 0 Å². The zero-order valence-corrected chi connectivity index (χ0v) is 13.1. The van der Waals surface area contributed by atoms with Crippen LogP contribution < -0.4 is 16.0 Å². The van der Waals surface area contributed by atoms with Crippen LogP contribution in [-0.2, 0) is 12.8 Å². The average molecular weight is 288 g/mol. The van der Waals surface area contributed by atoms with Crippen molar-refractivity contribution in [2.45, 2.75) is 57.9 Å². The van der Waals surface area contributed by atoms with Gasteiger partial charge in [-0.2, -0.15) is 0 Å². The van der Waals surface area contributed by atoms with Crippen LogP contribution in [0.15, 0.2) is 18.2 Å². The van der Waals surface area contributed by atoms with Gasteiger partial charge in [0.05, 0.1) is 6.61 Å². The fourth-order valence-corrected chi connectivity index (χ4v) is 4.02. The van der Waals surface area contributed by atoms with E-state index in [1.54, 1.807) is 0 Å². The standard InChI is InChI=1S/C18H28N2O/c1-2-13-3-6-15(11-13)17(20-19)7-4-14-5-8-18-16(12-14)9-10-21-18/h5,8,12-13,15,17,20H,2-4,6-7,9-11,19H2,1H3. The molecule has 3 nitrogen and oxygen atoms in total. The Balaban J connectivity index is 1.55. The second-order valence-electron chi connectivity index (χ2n) is 6.70. The molecular weight excluding hydrogens is 260 g/mol. The molecule has 1 fully saturated rings. The van der Waals surface area contributed by atoms with Crippen LogP contribution in [0.3, 0.4) is 0 Å². The summed E-state index contributed by atoms with van der Waals surface area (Å²) in [6.45, 7) is 3.15. The molecule has 3 heteroatoms. The summed E-state index contributed by atoms with van der Waals surface area (Å²) in [4.78, 5) is 0. The minimum Gasteiger partial charge on any atom is -0.493 e. The maximum absolute atomic E-state index is 5.82. The van der Waals surface area contributed by atoms with E-state index >= 15 is 0 Å². The molecular formula is C18H28N2O. The molecule has 1 saturated carbocycles. The molecule has 1 aliphatic heterocycles. The second kappa shape index (κ2) is 6.80. The predicted octanol–water partition coefficient (Wildman–Crippen LogP) is 3.21. The highest BCUT2D eigenvalue weighted by Gasteiger charge is 2.29. The molecule has 1 aromatic rings. The molecule has 0 saturated heterocycles.